The second-order valence-corrected chi connectivity index (χ2v) is 5.98. The van der Waals surface area contributed by atoms with Crippen LogP contribution in [-0.2, 0) is 22.4 Å². The Morgan fingerprint density at radius 3 is 2.50 bits per heavy atom. The molecule has 2 aromatic carbocycles. The zero-order valence-corrected chi connectivity index (χ0v) is 12.3. The van der Waals surface area contributed by atoms with Gasteiger partial charge in [-0.1, -0.05) is 54.6 Å². The molecule has 0 saturated carbocycles. The highest BCUT2D eigenvalue weighted by atomic mass is 16.5. The lowest BCUT2D eigenvalue weighted by Gasteiger charge is -2.36. The van der Waals surface area contributed by atoms with Crippen molar-refractivity contribution in [2.24, 2.45) is 4.99 Å². The second kappa shape index (κ2) is 5.09. The van der Waals surface area contributed by atoms with Gasteiger partial charge >= 0.3 is 5.97 Å². The Morgan fingerprint density at radius 1 is 0.955 bits per heavy atom. The molecule has 3 nitrogen and oxygen atoms in total. The molecule has 1 atom stereocenters. The first-order valence-corrected chi connectivity index (χ1v) is 7.65. The molecule has 2 aliphatic rings. The fraction of sp³-hybridized carbons (Fsp3) is 0.263. The van der Waals surface area contributed by atoms with Crippen LogP contribution in [0.3, 0.4) is 0 Å². The SMILES string of the molecule is O=C1OCC(c2ccccc2)=NC12CCc1ccccc1C2. The van der Waals surface area contributed by atoms with Gasteiger partial charge in [0, 0.05) is 6.42 Å². The van der Waals surface area contributed by atoms with Gasteiger partial charge in [-0.25, -0.2) is 4.79 Å². The quantitative estimate of drug-likeness (QED) is 0.758. The molecule has 3 heteroatoms. The van der Waals surface area contributed by atoms with E-state index in [9.17, 15) is 4.79 Å². The summed E-state index contributed by atoms with van der Waals surface area (Å²) in [6.07, 6.45) is 2.23. The number of fused-ring (bicyclic) bond motifs is 1. The molecule has 0 amide bonds. The van der Waals surface area contributed by atoms with Gasteiger partial charge in [-0.05, 0) is 29.5 Å². The highest BCUT2D eigenvalue weighted by Crippen LogP contribution is 2.35. The fourth-order valence-electron chi connectivity index (χ4n) is 3.37. The summed E-state index contributed by atoms with van der Waals surface area (Å²) >= 11 is 0. The highest BCUT2D eigenvalue weighted by molar-refractivity contribution is 6.06. The molecular formula is C19H17NO2. The zero-order chi connectivity index (χ0) is 15.0. The molecule has 1 aliphatic carbocycles. The topological polar surface area (TPSA) is 38.7 Å². The van der Waals surface area contributed by atoms with Crippen LogP contribution in [0.15, 0.2) is 59.6 Å². The first-order valence-electron chi connectivity index (χ1n) is 7.65. The largest absolute Gasteiger partial charge is 0.457 e. The minimum Gasteiger partial charge on any atom is -0.457 e. The minimum absolute atomic E-state index is 0.179. The Bertz CT molecular complexity index is 751. The molecule has 22 heavy (non-hydrogen) atoms. The molecule has 1 heterocycles. The van der Waals surface area contributed by atoms with Gasteiger partial charge in [0.2, 0.25) is 0 Å². The van der Waals surface area contributed by atoms with Crippen molar-refractivity contribution < 1.29 is 9.53 Å². The van der Waals surface area contributed by atoms with Gasteiger partial charge in [-0.2, -0.15) is 0 Å². The van der Waals surface area contributed by atoms with Crippen molar-refractivity contribution in [3.63, 3.8) is 0 Å². The summed E-state index contributed by atoms with van der Waals surface area (Å²) in [7, 11) is 0. The zero-order valence-electron chi connectivity index (χ0n) is 12.3. The highest BCUT2D eigenvalue weighted by Gasteiger charge is 2.45. The average Bonchev–Trinajstić information content (AvgIpc) is 2.58. The van der Waals surface area contributed by atoms with E-state index in [1.807, 2.05) is 36.4 Å². The first-order chi connectivity index (χ1) is 10.8. The van der Waals surface area contributed by atoms with Crippen molar-refractivity contribution in [2.75, 3.05) is 6.61 Å². The van der Waals surface area contributed by atoms with Crippen LogP contribution in [0, 0.1) is 0 Å². The van der Waals surface area contributed by atoms with E-state index >= 15 is 0 Å². The fourth-order valence-corrected chi connectivity index (χ4v) is 3.37. The number of aliphatic imine (C=N–C) groups is 1. The van der Waals surface area contributed by atoms with Gasteiger partial charge in [0.05, 0.1) is 5.71 Å². The Morgan fingerprint density at radius 2 is 1.68 bits per heavy atom. The second-order valence-electron chi connectivity index (χ2n) is 5.98. The lowest BCUT2D eigenvalue weighted by atomic mass is 9.77. The number of rotatable bonds is 1. The third kappa shape index (κ3) is 2.13. The van der Waals surface area contributed by atoms with Crippen molar-refractivity contribution >= 4 is 11.7 Å². The standard InChI is InChI=1S/C19H17NO2/c21-18-19(11-10-14-6-4-5-9-16(14)12-19)20-17(13-22-18)15-7-2-1-3-8-15/h1-9H,10-13H2. The summed E-state index contributed by atoms with van der Waals surface area (Å²) in [5, 5.41) is 0. The number of esters is 1. The van der Waals surface area contributed by atoms with Gasteiger partial charge in [-0.3, -0.25) is 4.99 Å². The van der Waals surface area contributed by atoms with E-state index in [0.29, 0.717) is 6.42 Å². The van der Waals surface area contributed by atoms with Gasteiger partial charge < -0.3 is 4.74 Å². The summed E-state index contributed by atoms with van der Waals surface area (Å²) in [6, 6.07) is 18.3. The molecule has 110 valence electrons. The van der Waals surface area contributed by atoms with Crippen LogP contribution in [0.4, 0.5) is 0 Å². The van der Waals surface area contributed by atoms with Crippen LogP contribution in [0.5, 0.6) is 0 Å². The van der Waals surface area contributed by atoms with Gasteiger partial charge in [-0.15, -0.1) is 0 Å². The van der Waals surface area contributed by atoms with Crippen molar-refractivity contribution in [3.8, 4) is 0 Å². The van der Waals surface area contributed by atoms with Crippen LogP contribution >= 0.6 is 0 Å². The molecule has 0 N–H and O–H groups in total. The van der Waals surface area contributed by atoms with Crippen molar-refractivity contribution in [1.82, 2.24) is 0 Å². The number of aryl methyl sites for hydroxylation is 1. The lowest BCUT2D eigenvalue weighted by molar-refractivity contribution is -0.150. The summed E-state index contributed by atoms with van der Waals surface area (Å²) in [5.41, 5.74) is 3.71. The number of benzene rings is 2. The van der Waals surface area contributed by atoms with Crippen molar-refractivity contribution in [2.45, 2.75) is 24.8 Å². The maximum Gasteiger partial charge on any atom is 0.334 e. The van der Waals surface area contributed by atoms with Crippen LogP contribution in [-0.4, -0.2) is 23.8 Å². The Labute approximate surface area is 129 Å². The van der Waals surface area contributed by atoms with Crippen molar-refractivity contribution in [3.05, 3.63) is 71.3 Å². The summed E-state index contributed by atoms with van der Waals surface area (Å²) in [6.45, 7) is 0.270. The maximum absolute atomic E-state index is 12.4. The Kier molecular flexibility index (Phi) is 3.07. The number of carbonyl (C=O) groups is 1. The van der Waals surface area contributed by atoms with E-state index in [1.165, 1.54) is 11.1 Å². The van der Waals surface area contributed by atoms with E-state index < -0.39 is 5.54 Å². The number of hydrogen-bond acceptors (Lipinski definition) is 3. The van der Waals surface area contributed by atoms with Gasteiger partial charge in [0.25, 0.3) is 0 Å². The Balaban J connectivity index is 1.75. The molecule has 0 radical (unpaired) electrons. The Hall–Kier alpha value is -2.42. The van der Waals surface area contributed by atoms with Crippen LogP contribution in [0.2, 0.25) is 0 Å². The molecular weight excluding hydrogens is 274 g/mol. The molecule has 1 spiro atoms. The predicted octanol–water partition coefficient (Wildman–Crippen LogP) is 2.96. The molecule has 4 rings (SSSR count). The molecule has 1 aliphatic heterocycles. The third-order valence-electron chi connectivity index (χ3n) is 4.59. The number of carbonyl (C=O) groups excluding carboxylic acids is 1. The number of cyclic esters (lactones) is 1. The summed E-state index contributed by atoms with van der Waals surface area (Å²) < 4.78 is 5.48. The summed E-state index contributed by atoms with van der Waals surface area (Å²) in [4.78, 5) is 17.3. The average molecular weight is 291 g/mol. The molecule has 0 bridgehead atoms. The minimum atomic E-state index is -0.738. The normalized spacial score (nSPS) is 23.6. The van der Waals surface area contributed by atoms with Crippen molar-refractivity contribution in [1.29, 1.82) is 0 Å². The number of hydrogen-bond donors (Lipinski definition) is 0. The van der Waals surface area contributed by atoms with Gasteiger partial charge in [0.1, 0.15) is 6.61 Å². The predicted molar refractivity (Wildman–Crippen MR) is 85.1 cm³/mol. The van der Waals surface area contributed by atoms with Crippen LogP contribution in [0.1, 0.15) is 23.1 Å². The van der Waals surface area contributed by atoms with E-state index in [4.69, 9.17) is 9.73 Å². The molecule has 0 saturated heterocycles. The number of nitrogens with zero attached hydrogens (tertiary/aromatic N) is 1. The monoisotopic (exact) mass is 291 g/mol. The van der Waals surface area contributed by atoms with E-state index in [0.717, 1.165) is 24.1 Å². The van der Waals surface area contributed by atoms with Crippen LogP contribution < -0.4 is 0 Å². The van der Waals surface area contributed by atoms with Gasteiger partial charge in [0.15, 0.2) is 5.54 Å². The third-order valence-corrected chi connectivity index (χ3v) is 4.59. The maximum atomic E-state index is 12.4. The van der Waals surface area contributed by atoms with E-state index in [1.54, 1.807) is 0 Å². The molecule has 2 aromatic rings. The first kappa shape index (κ1) is 13.3. The van der Waals surface area contributed by atoms with E-state index in [2.05, 4.69) is 18.2 Å². The smallest absolute Gasteiger partial charge is 0.334 e. The van der Waals surface area contributed by atoms with Crippen LogP contribution in [0.25, 0.3) is 0 Å². The lowest BCUT2D eigenvalue weighted by Crippen LogP contribution is -2.48. The molecule has 1 unspecified atom stereocenters. The molecule has 0 fully saturated rings. The van der Waals surface area contributed by atoms with E-state index in [-0.39, 0.29) is 12.6 Å². The summed E-state index contributed by atoms with van der Waals surface area (Å²) in [5.74, 6) is -0.179. The number of ether oxygens (including phenoxy) is 1. The molecule has 0 aromatic heterocycles.